The predicted octanol–water partition coefficient (Wildman–Crippen LogP) is 2.92. The first kappa shape index (κ1) is 20.2. The Morgan fingerprint density at radius 2 is 2.08 bits per heavy atom. The number of nitrogen functional groups attached to an aromatic ring is 1. The lowest BCUT2D eigenvalue weighted by atomic mass is 10.1. The van der Waals surface area contributed by atoms with E-state index in [4.69, 9.17) is 10.6 Å². The number of aromatic nitrogens is 1. The van der Waals surface area contributed by atoms with Crippen LogP contribution >= 0.6 is 0 Å². The van der Waals surface area contributed by atoms with Crippen LogP contribution in [0.5, 0.6) is 0 Å². The first-order valence-corrected chi connectivity index (χ1v) is 8.27. The van der Waals surface area contributed by atoms with Crippen LogP contribution in [0.2, 0.25) is 0 Å². The standard InChI is InChI=1S/C16H24F3N5O2/c1-15(2,3)26-14(25)22-12-8-5-9-24(12)13(16(17,18)19)10-6-4-7-11(21-10)23-20/h4,6-7,12-13H,5,8-9,20H2,1-3H3,(H,21,23)(H,22,25)/t12-,13+/m0/s1. The fourth-order valence-corrected chi connectivity index (χ4v) is 2.91. The number of nitrogens with one attached hydrogen (secondary N) is 2. The van der Waals surface area contributed by atoms with Crippen molar-refractivity contribution in [1.29, 1.82) is 0 Å². The molecule has 1 aliphatic heterocycles. The van der Waals surface area contributed by atoms with Gasteiger partial charge in [0.25, 0.3) is 0 Å². The molecule has 26 heavy (non-hydrogen) atoms. The number of hydrogen-bond donors (Lipinski definition) is 3. The van der Waals surface area contributed by atoms with Crippen LogP contribution in [0.15, 0.2) is 18.2 Å². The third-order valence-electron chi connectivity index (χ3n) is 3.82. The molecule has 0 bridgehead atoms. The third kappa shape index (κ3) is 5.21. The molecular formula is C16H24F3N5O2. The molecule has 2 atom stereocenters. The van der Waals surface area contributed by atoms with Crippen molar-refractivity contribution in [3.63, 3.8) is 0 Å². The molecule has 10 heteroatoms. The fourth-order valence-electron chi connectivity index (χ4n) is 2.91. The van der Waals surface area contributed by atoms with Crippen molar-refractivity contribution >= 4 is 11.9 Å². The molecule has 0 spiro atoms. The zero-order valence-corrected chi connectivity index (χ0v) is 14.9. The topological polar surface area (TPSA) is 92.5 Å². The molecule has 0 aromatic carbocycles. The van der Waals surface area contributed by atoms with Gasteiger partial charge in [-0.15, -0.1) is 0 Å². The summed E-state index contributed by atoms with van der Waals surface area (Å²) in [7, 11) is 0. The Morgan fingerprint density at radius 1 is 1.38 bits per heavy atom. The predicted molar refractivity (Wildman–Crippen MR) is 89.9 cm³/mol. The van der Waals surface area contributed by atoms with Gasteiger partial charge < -0.3 is 15.5 Å². The number of pyridine rings is 1. The van der Waals surface area contributed by atoms with E-state index in [9.17, 15) is 18.0 Å². The maximum atomic E-state index is 13.8. The number of carbonyl (C=O) groups excluding carboxylic acids is 1. The molecule has 1 aromatic heterocycles. The number of alkyl carbamates (subject to hydrolysis) is 1. The van der Waals surface area contributed by atoms with Crippen LogP contribution in [-0.2, 0) is 4.74 Å². The summed E-state index contributed by atoms with van der Waals surface area (Å²) in [6.45, 7) is 5.23. The number of amides is 1. The Hall–Kier alpha value is -2.07. The number of anilines is 1. The van der Waals surface area contributed by atoms with E-state index in [1.165, 1.54) is 23.1 Å². The van der Waals surface area contributed by atoms with Gasteiger partial charge in [-0.2, -0.15) is 13.2 Å². The van der Waals surface area contributed by atoms with Crippen LogP contribution in [-0.4, -0.2) is 40.5 Å². The highest BCUT2D eigenvalue weighted by molar-refractivity contribution is 5.68. The Morgan fingerprint density at radius 3 is 2.65 bits per heavy atom. The number of nitrogens with zero attached hydrogens (tertiary/aromatic N) is 2. The average molecular weight is 375 g/mol. The van der Waals surface area contributed by atoms with Gasteiger partial charge in [0, 0.05) is 6.54 Å². The number of likely N-dealkylation sites (tertiary alicyclic amines) is 1. The molecule has 0 saturated carbocycles. The van der Waals surface area contributed by atoms with E-state index < -0.39 is 30.1 Å². The minimum atomic E-state index is -4.57. The van der Waals surface area contributed by atoms with Crippen molar-refractivity contribution < 1.29 is 22.7 Å². The minimum Gasteiger partial charge on any atom is -0.444 e. The molecule has 2 rings (SSSR count). The first-order chi connectivity index (χ1) is 12.0. The SMILES string of the molecule is CC(C)(C)OC(=O)N[C@@H]1CCCN1[C@H](c1cccc(NN)n1)C(F)(F)F. The molecule has 2 heterocycles. The van der Waals surface area contributed by atoms with Crippen molar-refractivity contribution in [2.24, 2.45) is 5.84 Å². The van der Waals surface area contributed by atoms with E-state index in [0.717, 1.165) is 0 Å². The molecule has 7 nitrogen and oxygen atoms in total. The Labute approximate surface area is 150 Å². The Balaban J connectivity index is 2.25. The lowest BCUT2D eigenvalue weighted by Crippen LogP contribution is -2.50. The molecule has 4 N–H and O–H groups in total. The van der Waals surface area contributed by atoms with Crippen molar-refractivity contribution in [3.05, 3.63) is 23.9 Å². The number of carbonyl (C=O) groups is 1. The van der Waals surface area contributed by atoms with E-state index in [0.29, 0.717) is 12.8 Å². The maximum absolute atomic E-state index is 13.8. The molecule has 0 unspecified atom stereocenters. The number of hydrazine groups is 1. The molecule has 0 aliphatic carbocycles. The number of alkyl halides is 3. The van der Waals surface area contributed by atoms with Gasteiger partial charge in [-0.1, -0.05) is 6.07 Å². The van der Waals surface area contributed by atoms with Crippen LogP contribution in [0.3, 0.4) is 0 Å². The van der Waals surface area contributed by atoms with Gasteiger partial charge in [0.1, 0.15) is 11.4 Å². The summed E-state index contributed by atoms with van der Waals surface area (Å²) < 4.78 is 46.5. The Bertz CT molecular complexity index is 633. The van der Waals surface area contributed by atoms with Crippen LogP contribution in [0.1, 0.15) is 45.3 Å². The molecule has 1 aromatic rings. The van der Waals surface area contributed by atoms with E-state index in [2.05, 4.69) is 15.7 Å². The first-order valence-electron chi connectivity index (χ1n) is 8.27. The summed E-state index contributed by atoms with van der Waals surface area (Å²) >= 11 is 0. The highest BCUT2D eigenvalue weighted by Gasteiger charge is 2.49. The van der Waals surface area contributed by atoms with Crippen molar-refractivity contribution in [3.8, 4) is 0 Å². The smallest absolute Gasteiger partial charge is 0.409 e. The largest absolute Gasteiger partial charge is 0.444 e. The molecular weight excluding hydrogens is 351 g/mol. The van der Waals surface area contributed by atoms with Gasteiger partial charge in [0.15, 0.2) is 6.04 Å². The number of nitrogens with two attached hydrogens (primary N) is 1. The quantitative estimate of drug-likeness (QED) is 0.554. The van der Waals surface area contributed by atoms with E-state index >= 15 is 0 Å². The zero-order chi connectivity index (χ0) is 19.5. The Kier molecular flexibility index (Phi) is 5.97. The second-order valence-electron chi connectivity index (χ2n) is 7.08. The van der Waals surface area contributed by atoms with Gasteiger partial charge in [-0.3, -0.25) is 4.90 Å². The second-order valence-corrected chi connectivity index (χ2v) is 7.08. The summed E-state index contributed by atoms with van der Waals surface area (Å²) in [4.78, 5) is 17.1. The van der Waals surface area contributed by atoms with E-state index in [-0.39, 0.29) is 18.1 Å². The van der Waals surface area contributed by atoms with Gasteiger partial charge in [-0.25, -0.2) is 15.6 Å². The summed E-state index contributed by atoms with van der Waals surface area (Å²) in [5, 5.41) is 2.53. The summed E-state index contributed by atoms with van der Waals surface area (Å²) in [6, 6.07) is 2.25. The molecule has 0 radical (unpaired) electrons. The van der Waals surface area contributed by atoms with Crippen LogP contribution in [0.25, 0.3) is 0 Å². The summed E-state index contributed by atoms with van der Waals surface area (Å²) in [5.41, 5.74) is 1.32. The number of rotatable bonds is 4. The maximum Gasteiger partial charge on any atom is 0.409 e. The molecule has 1 aliphatic rings. The monoisotopic (exact) mass is 375 g/mol. The van der Waals surface area contributed by atoms with E-state index in [1.54, 1.807) is 20.8 Å². The second kappa shape index (κ2) is 7.67. The lowest BCUT2D eigenvalue weighted by Gasteiger charge is -2.34. The minimum absolute atomic E-state index is 0.132. The fraction of sp³-hybridized carbons (Fsp3) is 0.625. The van der Waals surface area contributed by atoms with Crippen molar-refractivity contribution in [2.45, 2.75) is 57.6 Å². The molecule has 1 amide bonds. The van der Waals surface area contributed by atoms with E-state index in [1.807, 2.05) is 0 Å². The normalized spacial score (nSPS) is 19.9. The summed E-state index contributed by atoms with van der Waals surface area (Å²) in [6.07, 6.45) is -5.21. The van der Waals surface area contributed by atoms with Crippen LogP contribution < -0.4 is 16.6 Å². The van der Waals surface area contributed by atoms with Gasteiger partial charge in [-0.05, 0) is 45.7 Å². The molecule has 1 fully saturated rings. The number of hydrogen-bond acceptors (Lipinski definition) is 6. The van der Waals surface area contributed by atoms with Gasteiger partial charge in [0.2, 0.25) is 0 Å². The highest BCUT2D eigenvalue weighted by Crippen LogP contribution is 2.40. The average Bonchev–Trinajstić information content (AvgIpc) is 2.92. The number of ether oxygens (including phenoxy) is 1. The zero-order valence-electron chi connectivity index (χ0n) is 14.9. The van der Waals surface area contributed by atoms with Crippen molar-refractivity contribution in [2.75, 3.05) is 12.0 Å². The van der Waals surface area contributed by atoms with Gasteiger partial charge in [0.05, 0.1) is 11.9 Å². The van der Waals surface area contributed by atoms with Gasteiger partial charge >= 0.3 is 12.3 Å². The summed E-state index contributed by atoms with van der Waals surface area (Å²) in [5.74, 6) is 5.38. The molecule has 146 valence electrons. The lowest BCUT2D eigenvalue weighted by molar-refractivity contribution is -0.191. The third-order valence-corrected chi connectivity index (χ3v) is 3.82. The highest BCUT2D eigenvalue weighted by atomic mass is 19.4. The molecule has 1 saturated heterocycles. The van der Waals surface area contributed by atoms with Crippen LogP contribution in [0, 0.1) is 0 Å². The van der Waals surface area contributed by atoms with Crippen molar-refractivity contribution in [1.82, 2.24) is 15.2 Å². The number of halogens is 3. The van der Waals surface area contributed by atoms with Crippen LogP contribution in [0.4, 0.5) is 23.8 Å².